The summed E-state index contributed by atoms with van der Waals surface area (Å²) in [6.07, 6.45) is 14.7. The zero-order valence-corrected chi connectivity index (χ0v) is 42.3. The largest absolute Gasteiger partial charge is 0.508 e. The van der Waals surface area contributed by atoms with Crippen LogP contribution in [0, 0.1) is 34.6 Å². The lowest BCUT2D eigenvalue weighted by atomic mass is 9.44. The molecule has 7 aromatic rings. The Kier molecular flexibility index (Phi) is 11.0. The van der Waals surface area contributed by atoms with Crippen LogP contribution in [0.25, 0.3) is 77.1 Å². The monoisotopic (exact) mass is 883 g/mol. The van der Waals surface area contributed by atoms with Crippen LogP contribution in [-0.2, 0) is 12.8 Å². The second kappa shape index (κ2) is 16.9. The van der Waals surface area contributed by atoms with E-state index in [1.165, 1.54) is 155 Å². The third-order valence-corrected chi connectivity index (χ3v) is 16.8. The molecule has 1 N–H and O–H groups in total. The topological polar surface area (TPSA) is 20.2 Å². The van der Waals surface area contributed by atoms with Gasteiger partial charge in [-0.3, -0.25) is 0 Å². The lowest BCUT2D eigenvalue weighted by Gasteiger charge is -2.38. The predicted molar refractivity (Wildman–Crippen MR) is 298 cm³/mol. The molecule has 0 aromatic heterocycles. The molecule has 0 amide bonds. The molecule has 2 aliphatic heterocycles. The van der Waals surface area contributed by atoms with Crippen LogP contribution in [0.15, 0.2) is 96.6 Å². The molecular formula is C65H64B2O. The van der Waals surface area contributed by atoms with E-state index in [0.29, 0.717) is 11.7 Å². The van der Waals surface area contributed by atoms with Crippen molar-refractivity contribution in [1.82, 2.24) is 0 Å². The number of aryl methyl sites for hydroxylation is 3. The summed E-state index contributed by atoms with van der Waals surface area (Å²) in [7, 11) is 4.82. The first-order valence-electron chi connectivity index (χ1n) is 25.6. The molecule has 0 saturated heterocycles. The van der Waals surface area contributed by atoms with Crippen molar-refractivity contribution < 1.29 is 5.11 Å². The number of hydrogen-bond acceptors (Lipinski definition) is 1. The normalized spacial score (nSPS) is 15.4. The number of fused-ring (bicyclic) bond motifs is 1. The fraction of sp³-hybridized carbons (Fsp3) is 0.292. The van der Waals surface area contributed by atoms with E-state index < -0.39 is 0 Å². The average molecular weight is 883 g/mol. The van der Waals surface area contributed by atoms with Gasteiger partial charge in [0.25, 0.3) is 0 Å². The highest BCUT2D eigenvalue weighted by molar-refractivity contribution is 6.82. The summed E-state index contributed by atoms with van der Waals surface area (Å²) in [5, 5.41) is 17.7. The van der Waals surface area contributed by atoms with Gasteiger partial charge in [0.05, 0.1) is 0 Å². The van der Waals surface area contributed by atoms with E-state index in [4.69, 9.17) is 0 Å². The molecule has 4 aliphatic rings. The lowest BCUT2D eigenvalue weighted by Crippen LogP contribution is -2.44. The van der Waals surface area contributed by atoms with Crippen LogP contribution in [0.1, 0.15) is 146 Å². The van der Waals surface area contributed by atoms with Gasteiger partial charge in [-0.05, 0) is 239 Å². The van der Waals surface area contributed by atoms with Crippen molar-refractivity contribution in [3.05, 3.63) is 163 Å². The van der Waals surface area contributed by atoms with Crippen LogP contribution < -0.4 is 16.4 Å². The molecule has 1 nitrogen and oxygen atoms in total. The summed E-state index contributed by atoms with van der Waals surface area (Å²) in [4.78, 5) is 0. The molecule has 1 saturated carbocycles. The van der Waals surface area contributed by atoms with E-state index in [1.807, 2.05) is 0 Å². The Morgan fingerprint density at radius 2 is 1.25 bits per heavy atom. The first-order valence-corrected chi connectivity index (χ1v) is 25.6. The van der Waals surface area contributed by atoms with Crippen molar-refractivity contribution >= 4 is 74.7 Å². The van der Waals surface area contributed by atoms with Crippen molar-refractivity contribution in [2.45, 2.75) is 127 Å². The highest BCUT2D eigenvalue weighted by Gasteiger charge is 2.41. The van der Waals surface area contributed by atoms with Crippen molar-refractivity contribution in [2.75, 3.05) is 0 Å². The van der Waals surface area contributed by atoms with Gasteiger partial charge in [-0.25, -0.2) is 0 Å². The van der Waals surface area contributed by atoms with Crippen LogP contribution in [0.2, 0.25) is 0 Å². The number of phenolic OH excluding ortho intramolecular Hbond substituents is 1. The van der Waals surface area contributed by atoms with Gasteiger partial charge in [0, 0.05) is 0 Å². The number of allylic oxidation sites excluding steroid dienone is 7. The molecule has 336 valence electrons. The van der Waals surface area contributed by atoms with E-state index >= 15 is 0 Å². The number of benzene rings is 7. The fourth-order valence-electron chi connectivity index (χ4n) is 12.7. The standard InChI is InChI=1S/C65H64B2O/c1-12-19-43-27-24-41(13-2)54(55(43)46-21-16-15-20-35(46)6)45-28-25-42(26-29-45)47-32-33-50(49-23-18-17-22-48(47)49)56-53(36(7)34(4)5)57-51(14-3)66-62-38(9)37(8)39(10)63-61(62)59(57)60-58(56)52(44-30-31-44)40(11)65(68)64(60)67-63/h14-18,20-25,27-28,32-33,44,68H,12-13,19,26,29-31H2,1-11H3/b51-14-. The number of rotatable bonds is 9. The number of aromatic hydroxyl groups is 1. The number of hydrogen-bond donors (Lipinski definition) is 1. The second-order valence-corrected chi connectivity index (χ2v) is 20.7. The maximum absolute atomic E-state index is 12.5. The van der Waals surface area contributed by atoms with Gasteiger partial charge in [-0.1, -0.05) is 144 Å². The Labute approximate surface area is 407 Å². The molecule has 7 aromatic carbocycles. The third kappa shape index (κ3) is 6.58. The molecule has 11 rings (SSSR count). The van der Waals surface area contributed by atoms with Gasteiger partial charge < -0.3 is 5.11 Å². The minimum absolute atomic E-state index is 0.423. The zero-order chi connectivity index (χ0) is 47.4. The second-order valence-electron chi connectivity index (χ2n) is 20.7. The highest BCUT2D eigenvalue weighted by Crippen LogP contribution is 2.56. The molecule has 0 unspecified atom stereocenters. The Hall–Kier alpha value is -6.05. The lowest BCUT2D eigenvalue weighted by molar-refractivity contribution is 0.475. The molecule has 0 spiro atoms. The zero-order valence-electron chi connectivity index (χ0n) is 42.3. The SMILES string of the molecule is C/C=C1\[B]c2c(C)c(C)c(C)c3c2-c2c1c(C(C)=C(C)C)c(-c1ccc(C4=CC=C(c5c(CC)ccc(CCC)c5-c5ccccc5C)CC4)c4ccccc14)c1c(C4CC4)c(C)c(O)c(c21)[B]3. The summed E-state index contributed by atoms with van der Waals surface area (Å²) in [5.41, 5.74) is 34.4. The molecule has 2 aliphatic carbocycles. The van der Waals surface area contributed by atoms with Crippen LogP contribution in [0.5, 0.6) is 5.75 Å². The maximum Gasteiger partial charge on any atom is 0.198 e. The van der Waals surface area contributed by atoms with Crippen molar-refractivity contribution in [2.24, 2.45) is 0 Å². The predicted octanol–water partition coefficient (Wildman–Crippen LogP) is 15.4. The van der Waals surface area contributed by atoms with Gasteiger partial charge in [0.15, 0.2) is 14.6 Å². The molecular weight excluding hydrogens is 818 g/mol. The molecule has 2 heterocycles. The minimum Gasteiger partial charge on any atom is -0.508 e. The molecule has 3 heteroatoms. The van der Waals surface area contributed by atoms with Gasteiger partial charge in [-0.2, -0.15) is 0 Å². The Morgan fingerprint density at radius 1 is 0.603 bits per heavy atom. The molecule has 0 atom stereocenters. The Bertz CT molecular complexity index is 3480. The van der Waals surface area contributed by atoms with Gasteiger partial charge in [0.2, 0.25) is 0 Å². The Morgan fingerprint density at radius 3 is 1.90 bits per heavy atom. The number of phenols is 1. The maximum atomic E-state index is 12.5. The summed E-state index contributed by atoms with van der Waals surface area (Å²) in [5.74, 6) is 0.873. The van der Waals surface area contributed by atoms with E-state index in [-0.39, 0.29) is 0 Å². The average Bonchev–Trinajstić information content (AvgIpc) is 4.20. The van der Waals surface area contributed by atoms with Crippen LogP contribution in [0.3, 0.4) is 0 Å². The summed E-state index contributed by atoms with van der Waals surface area (Å²) < 4.78 is 0. The summed E-state index contributed by atoms with van der Waals surface area (Å²) in [6.45, 7) is 25.1. The van der Waals surface area contributed by atoms with Crippen molar-refractivity contribution in [3.8, 4) is 39.1 Å². The minimum atomic E-state index is 0.423. The molecule has 68 heavy (non-hydrogen) atoms. The van der Waals surface area contributed by atoms with E-state index in [9.17, 15) is 5.11 Å². The first-order chi connectivity index (χ1) is 32.9. The first kappa shape index (κ1) is 44.5. The van der Waals surface area contributed by atoms with Gasteiger partial charge in [0.1, 0.15) is 5.75 Å². The Balaban J connectivity index is 1.19. The third-order valence-electron chi connectivity index (χ3n) is 16.8. The van der Waals surface area contributed by atoms with E-state index in [1.54, 1.807) is 0 Å². The highest BCUT2D eigenvalue weighted by atomic mass is 16.3. The van der Waals surface area contributed by atoms with Crippen LogP contribution >= 0.6 is 0 Å². The quantitative estimate of drug-likeness (QED) is 0.143. The molecule has 1 fully saturated rings. The summed E-state index contributed by atoms with van der Waals surface area (Å²) in [6, 6.07) is 27.9. The molecule has 0 bridgehead atoms. The van der Waals surface area contributed by atoms with E-state index in [2.05, 4.69) is 182 Å². The van der Waals surface area contributed by atoms with Crippen LogP contribution in [0.4, 0.5) is 0 Å². The smallest absolute Gasteiger partial charge is 0.198 e. The van der Waals surface area contributed by atoms with Crippen molar-refractivity contribution in [1.29, 1.82) is 0 Å². The van der Waals surface area contributed by atoms with Gasteiger partial charge >= 0.3 is 0 Å². The summed E-state index contributed by atoms with van der Waals surface area (Å²) >= 11 is 0. The molecule has 2 radical (unpaired) electrons. The van der Waals surface area contributed by atoms with Crippen LogP contribution in [-0.4, -0.2) is 19.7 Å². The van der Waals surface area contributed by atoms with Gasteiger partial charge in [-0.15, -0.1) is 0 Å². The van der Waals surface area contributed by atoms with Crippen molar-refractivity contribution in [3.63, 3.8) is 0 Å². The van der Waals surface area contributed by atoms with E-state index in [0.717, 1.165) is 56.0 Å². The fourth-order valence-corrected chi connectivity index (χ4v) is 12.7.